The van der Waals surface area contributed by atoms with Crippen LogP contribution in [0.5, 0.6) is 11.5 Å². The van der Waals surface area contributed by atoms with Gasteiger partial charge in [-0.1, -0.05) is 23.2 Å². The first kappa shape index (κ1) is 14.6. The molecule has 2 aromatic rings. The van der Waals surface area contributed by atoms with E-state index in [0.29, 0.717) is 10.0 Å². The van der Waals surface area contributed by atoms with Crippen LogP contribution >= 0.6 is 23.2 Å². The Morgan fingerprint density at radius 1 is 0.667 bits per heavy atom. The van der Waals surface area contributed by atoms with Gasteiger partial charge in [-0.25, -0.2) is 0 Å². The summed E-state index contributed by atoms with van der Waals surface area (Å²) in [7, 11) is 0. The van der Waals surface area contributed by atoms with Gasteiger partial charge in [0.15, 0.2) is 0 Å². The van der Waals surface area contributed by atoms with Crippen LogP contribution < -0.4 is 9.47 Å². The molecule has 1 aliphatic rings. The number of hydrogen-bond acceptors (Lipinski definition) is 2. The maximum Gasteiger partial charge on any atom is 0.251 e. The molecule has 0 N–H and O–H groups in total. The summed E-state index contributed by atoms with van der Waals surface area (Å²) in [5.74, 6) is 0.951. The molecule has 0 radical (unpaired) electrons. The molecule has 1 fully saturated rings. The molecule has 4 heteroatoms. The molecule has 0 spiro atoms. The van der Waals surface area contributed by atoms with E-state index in [1.165, 1.54) is 0 Å². The molecule has 21 heavy (non-hydrogen) atoms. The first-order valence-electron chi connectivity index (χ1n) is 7.04. The maximum atomic E-state index is 6.14. The molecule has 1 saturated carbocycles. The molecule has 0 aliphatic heterocycles. The smallest absolute Gasteiger partial charge is 0.251 e. The van der Waals surface area contributed by atoms with Crippen LogP contribution in [-0.2, 0) is 0 Å². The Bertz CT molecular complexity index is 538. The fraction of sp³-hybridized carbons (Fsp3) is 0.294. The summed E-state index contributed by atoms with van der Waals surface area (Å²) in [5, 5.41) is 1.39. The molecule has 0 saturated heterocycles. The second kappa shape index (κ2) is 6.17. The summed E-state index contributed by atoms with van der Waals surface area (Å²) < 4.78 is 12.3. The highest BCUT2D eigenvalue weighted by atomic mass is 35.5. The van der Waals surface area contributed by atoms with Crippen LogP contribution in [0.2, 0.25) is 10.0 Å². The van der Waals surface area contributed by atoms with Gasteiger partial charge in [0.2, 0.25) is 0 Å². The van der Waals surface area contributed by atoms with E-state index in [4.69, 9.17) is 32.7 Å². The average Bonchev–Trinajstić information content (AvgIpc) is 2.92. The highest BCUT2D eigenvalue weighted by Crippen LogP contribution is 2.37. The van der Waals surface area contributed by atoms with E-state index in [2.05, 4.69) is 0 Å². The molecule has 0 bridgehead atoms. The van der Waals surface area contributed by atoms with E-state index < -0.39 is 5.79 Å². The molecular formula is C17H16Cl2O2. The zero-order valence-corrected chi connectivity index (χ0v) is 13.0. The van der Waals surface area contributed by atoms with Gasteiger partial charge in [-0.05, 0) is 61.4 Å². The zero-order valence-electron chi connectivity index (χ0n) is 11.5. The SMILES string of the molecule is Clc1ccc(OC2(Oc3ccc(Cl)cc3)CCCC2)cc1. The monoisotopic (exact) mass is 322 g/mol. The molecule has 0 atom stereocenters. The average molecular weight is 323 g/mol. The van der Waals surface area contributed by atoms with Gasteiger partial charge in [0.25, 0.3) is 5.79 Å². The van der Waals surface area contributed by atoms with E-state index >= 15 is 0 Å². The van der Waals surface area contributed by atoms with Crippen molar-refractivity contribution in [2.24, 2.45) is 0 Å². The van der Waals surface area contributed by atoms with Crippen LogP contribution in [-0.4, -0.2) is 5.79 Å². The van der Waals surface area contributed by atoms with Gasteiger partial charge in [0.1, 0.15) is 11.5 Å². The summed E-state index contributed by atoms with van der Waals surface area (Å²) in [6.07, 6.45) is 3.94. The first-order chi connectivity index (χ1) is 10.2. The molecule has 2 nitrogen and oxygen atoms in total. The Hall–Kier alpha value is -1.38. The lowest BCUT2D eigenvalue weighted by molar-refractivity contribution is -0.107. The van der Waals surface area contributed by atoms with Crippen LogP contribution in [0.3, 0.4) is 0 Å². The van der Waals surface area contributed by atoms with Gasteiger partial charge in [-0.3, -0.25) is 0 Å². The third-order valence-corrected chi connectivity index (χ3v) is 4.10. The number of benzene rings is 2. The molecular weight excluding hydrogens is 307 g/mol. The Balaban J connectivity index is 1.79. The van der Waals surface area contributed by atoms with E-state index in [0.717, 1.165) is 37.2 Å². The van der Waals surface area contributed by atoms with Crippen LogP contribution in [0.4, 0.5) is 0 Å². The van der Waals surface area contributed by atoms with Gasteiger partial charge in [-0.15, -0.1) is 0 Å². The molecule has 0 unspecified atom stereocenters. The highest BCUT2D eigenvalue weighted by Gasteiger charge is 2.38. The molecule has 0 amide bonds. The highest BCUT2D eigenvalue weighted by molar-refractivity contribution is 6.30. The summed E-state index contributed by atoms with van der Waals surface area (Å²) in [5.41, 5.74) is 0. The van der Waals surface area contributed by atoms with Crippen molar-refractivity contribution in [3.63, 3.8) is 0 Å². The predicted octanol–water partition coefficient (Wildman–Crippen LogP) is 5.72. The normalized spacial score (nSPS) is 16.7. The fourth-order valence-corrected chi connectivity index (χ4v) is 2.83. The minimum atomic E-state index is -0.596. The van der Waals surface area contributed by atoms with Gasteiger partial charge in [-0.2, -0.15) is 0 Å². The van der Waals surface area contributed by atoms with Crippen molar-refractivity contribution in [1.82, 2.24) is 0 Å². The predicted molar refractivity (Wildman–Crippen MR) is 85.4 cm³/mol. The lowest BCUT2D eigenvalue weighted by atomic mass is 10.2. The zero-order chi connectivity index (χ0) is 14.7. The van der Waals surface area contributed by atoms with Gasteiger partial charge in [0.05, 0.1) is 0 Å². The van der Waals surface area contributed by atoms with E-state index in [1.54, 1.807) is 0 Å². The molecule has 0 aromatic heterocycles. The lowest BCUT2D eigenvalue weighted by Gasteiger charge is -2.31. The van der Waals surface area contributed by atoms with Gasteiger partial charge in [0, 0.05) is 22.9 Å². The summed E-state index contributed by atoms with van der Waals surface area (Å²) >= 11 is 11.8. The third kappa shape index (κ3) is 3.63. The molecule has 110 valence electrons. The molecule has 1 aliphatic carbocycles. The summed E-state index contributed by atoms with van der Waals surface area (Å²) in [6.45, 7) is 0. The van der Waals surface area contributed by atoms with Crippen LogP contribution in [0, 0.1) is 0 Å². The third-order valence-electron chi connectivity index (χ3n) is 3.60. The summed E-state index contributed by atoms with van der Waals surface area (Å²) in [4.78, 5) is 0. The van der Waals surface area contributed by atoms with Crippen molar-refractivity contribution < 1.29 is 9.47 Å². The van der Waals surface area contributed by atoms with Crippen LogP contribution in [0.15, 0.2) is 48.5 Å². The topological polar surface area (TPSA) is 18.5 Å². The second-order valence-corrected chi connectivity index (χ2v) is 6.10. The largest absolute Gasteiger partial charge is 0.452 e. The molecule has 3 rings (SSSR count). The van der Waals surface area contributed by atoms with Crippen molar-refractivity contribution in [2.75, 3.05) is 0 Å². The fourth-order valence-electron chi connectivity index (χ4n) is 2.57. The van der Waals surface area contributed by atoms with Crippen LogP contribution in [0.1, 0.15) is 25.7 Å². The molecule has 0 heterocycles. The second-order valence-electron chi connectivity index (χ2n) is 5.23. The van der Waals surface area contributed by atoms with Crippen molar-refractivity contribution in [3.8, 4) is 11.5 Å². The minimum Gasteiger partial charge on any atom is -0.452 e. The Morgan fingerprint density at radius 2 is 1.05 bits per heavy atom. The minimum absolute atomic E-state index is 0.596. The quantitative estimate of drug-likeness (QED) is 0.670. The standard InChI is InChI=1S/C17H16Cl2O2/c18-13-3-7-15(8-4-13)20-17(11-1-2-12-17)21-16-9-5-14(19)6-10-16/h3-10H,1-2,11-12H2. The Labute approximate surface area is 134 Å². The first-order valence-corrected chi connectivity index (χ1v) is 7.80. The van der Waals surface area contributed by atoms with Crippen molar-refractivity contribution in [2.45, 2.75) is 31.5 Å². The van der Waals surface area contributed by atoms with Crippen molar-refractivity contribution >= 4 is 23.2 Å². The van der Waals surface area contributed by atoms with E-state index in [1.807, 2.05) is 48.5 Å². The van der Waals surface area contributed by atoms with Crippen LogP contribution in [0.25, 0.3) is 0 Å². The number of hydrogen-bond donors (Lipinski definition) is 0. The Kier molecular flexibility index (Phi) is 4.27. The molecule has 2 aromatic carbocycles. The van der Waals surface area contributed by atoms with Crippen molar-refractivity contribution in [1.29, 1.82) is 0 Å². The van der Waals surface area contributed by atoms with E-state index in [9.17, 15) is 0 Å². The van der Waals surface area contributed by atoms with Gasteiger partial charge >= 0.3 is 0 Å². The lowest BCUT2D eigenvalue weighted by Crippen LogP contribution is -2.39. The number of rotatable bonds is 4. The Morgan fingerprint density at radius 3 is 1.43 bits per heavy atom. The van der Waals surface area contributed by atoms with E-state index in [-0.39, 0.29) is 0 Å². The maximum absolute atomic E-state index is 6.14. The van der Waals surface area contributed by atoms with Gasteiger partial charge < -0.3 is 9.47 Å². The van der Waals surface area contributed by atoms with Crippen molar-refractivity contribution in [3.05, 3.63) is 58.6 Å². The number of ether oxygens (including phenoxy) is 2. The number of halogens is 2. The summed E-state index contributed by atoms with van der Waals surface area (Å²) in [6, 6.07) is 14.8.